The number of hydrogen-bond donors (Lipinski definition) is 1. The Morgan fingerprint density at radius 3 is 2.70 bits per heavy atom. The van der Waals surface area contributed by atoms with Crippen LogP contribution in [0.5, 0.6) is 0 Å². The van der Waals surface area contributed by atoms with Crippen LogP contribution in [0.2, 0.25) is 0 Å². The topological polar surface area (TPSA) is 108 Å². The van der Waals surface area contributed by atoms with Crippen molar-refractivity contribution in [3.63, 3.8) is 0 Å². The summed E-state index contributed by atoms with van der Waals surface area (Å²) in [5, 5.41) is 7.29. The van der Waals surface area contributed by atoms with E-state index in [1.807, 2.05) is 0 Å². The number of nitrogens with zero attached hydrogens (tertiary/aromatic N) is 6. The van der Waals surface area contributed by atoms with E-state index in [2.05, 4.69) is 25.4 Å². The van der Waals surface area contributed by atoms with Crippen molar-refractivity contribution in [1.82, 2.24) is 29.3 Å². The standard InChI is InChI=1S/C18H15N7O2/c1-24-10-11(8-21-24)16-23-15-12(18(27)25(16)2)4-3-5-13(15)22-17(26)14-9-19-6-7-20-14/h3-10H,1-2H3,(H,22,26). The molecular formula is C18H15N7O2. The van der Waals surface area contributed by atoms with Gasteiger partial charge >= 0.3 is 0 Å². The van der Waals surface area contributed by atoms with Gasteiger partial charge in [0.1, 0.15) is 17.0 Å². The second kappa shape index (κ2) is 6.45. The zero-order valence-electron chi connectivity index (χ0n) is 14.6. The lowest BCUT2D eigenvalue weighted by Crippen LogP contribution is -2.21. The fourth-order valence-corrected chi connectivity index (χ4v) is 2.79. The van der Waals surface area contributed by atoms with E-state index in [1.54, 1.807) is 49.4 Å². The third kappa shape index (κ3) is 2.95. The van der Waals surface area contributed by atoms with Crippen molar-refractivity contribution >= 4 is 22.5 Å². The number of benzene rings is 1. The molecule has 27 heavy (non-hydrogen) atoms. The smallest absolute Gasteiger partial charge is 0.275 e. The van der Waals surface area contributed by atoms with Gasteiger partial charge in [0.25, 0.3) is 11.5 Å². The quantitative estimate of drug-likeness (QED) is 0.591. The summed E-state index contributed by atoms with van der Waals surface area (Å²) in [6, 6.07) is 5.06. The minimum Gasteiger partial charge on any atom is -0.319 e. The van der Waals surface area contributed by atoms with Crippen molar-refractivity contribution in [2.75, 3.05) is 5.32 Å². The summed E-state index contributed by atoms with van der Waals surface area (Å²) >= 11 is 0. The van der Waals surface area contributed by atoms with E-state index < -0.39 is 5.91 Å². The summed E-state index contributed by atoms with van der Waals surface area (Å²) in [7, 11) is 3.44. The molecule has 3 heterocycles. The van der Waals surface area contributed by atoms with Crippen molar-refractivity contribution in [3.05, 3.63) is 65.2 Å². The highest BCUT2D eigenvalue weighted by Gasteiger charge is 2.16. The molecule has 0 radical (unpaired) electrons. The van der Waals surface area contributed by atoms with Crippen molar-refractivity contribution in [1.29, 1.82) is 0 Å². The molecule has 0 aliphatic carbocycles. The van der Waals surface area contributed by atoms with Crippen LogP contribution in [0.3, 0.4) is 0 Å². The highest BCUT2D eigenvalue weighted by molar-refractivity contribution is 6.07. The van der Waals surface area contributed by atoms with Crippen molar-refractivity contribution in [2.45, 2.75) is 0 Å². The van der Waals surface area contributed by atoms with E-state index in [0.717, 1.165) is 0 Å². The predicted molar refractivity (Wildman–Crippen MR) is 99.2 cm³/mol. The van der Waals surface area contributed by atoms with Crippen LogP contribution in [0.15, 0.2) is 54.0 Å². The maximum Gasteiger partial charge on any atom is 0.275 e. The van der Waals surface area contributed by atoms with Gasteiger partial charge in [0.15, 0.2) is 0 Å². The molecule has 3 aromatic heterocycles. The molecule has 0 aliphatic heterocycles. The number of anilines is 1. The third-order valence-corrected chi connectivity index (χ3v) is 4.11. The van der Waals surface area contributed by atoms with Crippen LogP contribution in [0.25, 0.3) is 22.3 Å². The number of para-hydroxylation sites is 1. The molecule has 4 rings (SSSR count). The number of amides is 1. The SMILES string of the molecule is Cn1cc(-c2nc3c(NC(=O)c4cnccn4)cccc3c(=O)n2C)cn1. The molecule has 4 aromatic rings. The highest BCUT2D eigenvalue weighted by Crippen LogP contribution is 2.23. The molecule has 0 fully saturated rings. The number of aromatic nitrogens is 6. The first-order chi connectivity index (χ1) is 13.0. The van der Waals surface area contributed by atoms with Gasteiger partial charge in [0.2, 0.25) is 0 Å². The second-order valence-electron chi connectivity index (χ2n) is 5.95. The van der Waals surface area contributed by atoms with Crippen LogP contribution < -0.4 is 10.9 Å². The van der Waals surface area contributed by atoms with E-state index in [0.29, 0.717) is 28.0 Å². The maximum atomic E-state index is 12.8. The lowest BCUT2D eigenvalue weighted by Gasteiger charge is -2.11. The Balaban J connectivity index is 1.86. The van der Waals surface area contributed by atoms with Gasteiger partial charge in [-0.25, -0.2) is 9.97 Å². The van der Waals surface area contributed by atoms with Gasteiger partial charge in [0, 0.05) is 32.7 Å². The van der Waals surface area contributed by atoms with Crippen molar-refractivity contribution < 1.29 is 4.79 Å². The van der Waals surface area contributed by atoms with Gasteiger partial charge in [-0.1, -0.05) is 6.07 Å². The molecule has 134 valence electrons. The Bertz CT molecular complexity index is 1210. The molecule has 1 N–H and O–H groups in total. The first-order valence-electron chi connectivity index (χ1n) is 8.11. The Hall–Kier alpha value is -3.88. The number of rotatable bonds is 3. The molecule has 1 amide bonds. The van der Waals surface area contributed by atoms with Crippen molar-refractivity contribution in [3.8, 4) is 11.4 Å². The molecule has 0 bridgehead atoms. The fourth-order valence-electron chi connectivity index (χ4n) is 2.79. The van der Waals surface area contributed by atoms with E-state index in [4.69, 9.17) is 0 Å². The zero-order chi connectivity index (χ0) is 19.0. The number of carbonyl (C=O) groups excluding carboxylic acids is 1. The average molecular weight is 361 g/mol. The molecule has 0 spiro atoms. The molecule has 0 aliphatic rings. The normalized spacial score (nSPS) is 10.9. The van der Waals surface area contributed by atoms with Gasteiger partial charge in [-0.3, -0.25) is 23.8 Å². The molecular weight excluding hydrogens is 346 g/mol. The van der Waals surface area contributed by atoms with Gasteiger partial charge < -0.3 is 5.32 Å². The Morgan fingerprint density at radius 2 is 2.00 bits per heavy atom. The number of hydrogen-bond acceptors (Lipinski definition) is 6. The Labute approximate surface area is 153 Å². The molecule has 1 aromatic carbocycles. The summed E-state index contributed by atoms with van der Waals surface area (Å²) < 4.78 is 3.10. The van der Waals surface area contributed by atoms with E-state index in [1.165, 1.54) is 23.2 Å². The predicted octanol–water partition coefficient (Wildman–Crippen LogP) is 1.38. The van der Waals surface area contributed by atoms with E-state index in [9.17, 15) is 9.59 Å². The van der Waals surface area contributed by atoms with E-state index >= 15 is 0 Å². The summed E-state index contributed by atoms with van der Waals surface area (Å²) in [4.78, 5) is 37.7. The summed E-state index contributed by atoms with van der Waals surface area (Å²) in [5.41, 5.74) is 1.48. The highest BCUT2D eigenvalue weighted by atomic mass is 16.2. The van der Waals surface area contributed by atoms with Crippen LogP contribution in [-0.2, 0) is 14.1 Å². The molecule has 0 atom stereocenters. The average Bonchev–Trinajstić information content (AvgIpc) is 3.11. The Kier molecular flexibility index (Phi) is 3.96. The number of nitrogens with one attached hydrogen (secondary N) is 1. The first kappa shape index (κ1) is 16.6. The maximum absolute atomic E-state index is 12.8. The number of aryl methyl sites for hydroxylation is 1. The number of fused-ring (bicyclic) bond motifs is 1. The summed E-state index contributed by atoms with van der Waals surface area (Å²) in [6.07, 6.45) is 7.70. The van der Waals surface area contributed by atoms with Crippen LogP contribution in [0, 0.1) is 0 Å². The van der Waals surface area contributed by atoms with Gasteiger partial charge in [-0.2, -0.15) is 5.10 Å². The van der Waals surface area contributed by atoms with Crippen LogP contribution in [0.4, 0.5) is 5.69 Å². The molecule has 0 saturated carbocycles. The first-order valence-corrected chi connectivity index (χ1v) is 8.11. The lowest BCUT2D eigenvalue weighted by atomic mass is 10.2. The minimum atomic E-state index is -0.430. The minimum absolute atomic E-state index is 0.172. The zero-order valence-corrected chi connectivity index (χ0v) is 14.6. The monoisotopic (exact) mass is 361 g/mol. The third-order valence-electron chi connectivity index (χ3n) is 4.11. The summed E-state index contributed by atoms with van der Waals surface area (Å²) in [6.45, 7) is 0. The molecule has 9 nitrogen and oxygen atoms in total. The fraction of sp³-hybridized carbons (Fsp3) is 0.111. The Morgan fingerprint density at radius 1 is 1.15 bits per heavy atom. The second-order valence-corrected chi connectivity index (χ2v) is 5.95. The van der Waals surface area contributed by atoms with Crippen LogP contribution >= 0.6 is 0 Å². The van der Waals surface area contributed by atoms with Gasteiger partial charge in [-0.05, 0) is 12.1 Å². The largest absolute Gasteiger partial charge is 0.319 e. The number of carbonyl (C=O) groups is 1. The molecule has 9 heteroatoms. The van der Waals surface area contributed by atoms with Crippen LogP contribution in [0.1, 0.15) is 10.5 Å². The molecule has 0 saturated heterocycles. The van der Waals surface area contributed by atoms with Gasteiger partial charge in [0.05, 0.1) is 29.0 Å². The summed E-state index contributed by atoms with van der Waals surface area (Å²) in [5.74, 6) is 0.0304. The lowest BCUT2D eigenvalue weighted by molar-refractivity contribution is 0.102. The molecule has 0 unspecified atom stereocenters. The van der Waals surface area contributed by atoms with Crippen molar-refractivity contribution in [2.24, 2.45) is 14.1 Å². The van der Waals surface area contributed by atoms with Gasteiger partial charge in [-0.15, -0.1) is 0 Å². The van der Waals surface area contributed by atoms with Crippen LogP contribution in [-0.4, -0.2) is 35.2 Å². The van der Waals surface area contributed by atoms with E-state index in [-0.39, 0.29) is 11.3 Å².